The number of rotatable bonds is 12. The van der Waals surface area contributed by atoms with Gasteiger partial charge in [-0.05, 0) is 73.6 Å². The van der Waals surface area contributed by atoms with E-state index in [0.29, 0.717) is 66.1 Å². The average Bonchev–Trinajstić information content (AvgIpc) is 3.91. The number of aromatic hydroxyl groups is 1. The van der Waals surface area contributed by atoms with Crippen molar-refractivity contribution in [2.75, 3.05) is 72.2 Å². The summed E-state index contributed by atoms with van der Waals surface area (Å²) in [5.41, 5.74) is 0.569. The zero-order chi connectivity index (χ0) is 47.5. The minimum Gasteiger partial charge on any atom is -0.502 e. The Bertz CT molecular complexity index is 2100. The summed E-state index contributed by atoms with van der Waals surface area (Å²) in [6.07, 6.45) is -4.65. The van der Waals surface area contributed by atoms with Crippen molar-refractivity contribution in [1.29, 1.82) is 0 Å². The van der Waals surface area contributed by atoms with Gasteiger partial charge < -0.3 is 87.5 Å². The van der Waals surface area contributed by atoms with Crippen LogP contribution in [0.3, 0.4) is 0 Å². The number of carbonyl (C=O) groups excluding carboxylic acids is 1. The summed E-state index contributed by atoms with van der Waals surface area (Å²) < 4.78 is 70.8. The molecular weight excluding hydrogens is 1160 g/mol. The van der Waals surface area contributed by atoms with E-state index < -0.39 is 91.8 Å². The van der Waals surface area contributed by atoms with E-state index in [4.69, 9.17) is 80.6 Å². The van der Waals surface area contributed by atoms with E-state index >= 15 is 0 Å². The number of nitrogens with one attached hydrogen (secondary N) is 1. The number of carboxylic acids is 2. The molecule has 0 spiro atoms. The van der Waals surface area contributed by atoms with Crippen LogP contribution in [0.15, 0.2) is 24.3 Å². The van der Waals surface area contributed by atoms with E-state index in [-0.39, 0.29) is 86.0 Å². The quantitative estimate of drug-likeness (QED) is 0.0563. The van der Waals surface area contributed by atoms with Crippen molar-refractivity contribution < 1.29 is 113 Å². The monoisotopic (exact) mass is 1220 g/mol. The number of halogens is 2. The van der Waals surface area contributed by atoms with Gasteiger partial charge in [0.05, 0.1) is 46.1 Å². The molecule has 69 heavy (non-hydrogen) atoms. The summed E-state index contributed by atoms with van der Waals surface area (Å²) >= 11 is 11.1. The maximum atomic E-state index is 13.4. The first-order chi connectivity index (χ1) is 31.6. The number of phenolic OH excluding ortho intramolecular Hbond substituents is 1. The number of methoxy groups -OCH3 is 2. The molecule has 5 aliphatic heterocycles. The molecule has 25 heteroatoms. The maximum Gasteiger partial charge on any atom is 2.00 e. The number of aliphatic carboxylic acids is 2. The van der Waals surface area contributed by atoms with Crippen LogP contribution >= 0.6 is 30.9 Å². The molecule has 0 amide bonds. The fraction of sp³-hybridized carbons (Fsp3) is 0.614. The number of carboxylic acid groups (broad SMARTS) is 2. The molecule has 6 N–H and O–H groups in total. The largest absolute Gasteiger partial charge is 2.00 e. The van der Waals surface area contributed by atoms with E-state index in [9.17, 15) is 34.3 Å². The van der Waals surface area contributed by atoms with Crippen molar-refractivity contribution in [2.45, 2.75) is 81.6 Å². The number of esters is 1. The number of nitrogens with zero attached hydrogens (tertiary/aromatic N) is 1. The SMILES string of the molecule is COc1cc([C@@H]2c3cc4c(cc3C(O[C@@H]3O[C@@H]5CO[C@@H](C)O[C@H]5[C@H](O)[C@H]3O)[C@H]3COC(=O)[C@H]23)OCO4)cc(OC)c1O.O=C(O)C1(C(=O)O)CCC1.O=P1(NCCCl)OCCCN1CCCl.[CH3-].[CH3-].[Pt+2]. The van der Waals surface area contributed by atoms with Crippen LogP contribution < -0.4 is 24.0 Å². The smallest absolute Gasteiger partial charge is 0.502 e. The van der Waals surface area contributed by atoms with Gasteiger partial charge in [-0.25, -0.2) is 9.76 Å². The van der Waals surface area contributed by atoms with Gasteiger partial charge in [-0.3, -0.25) is 18.9 Å². The second kappa shape index (κ2) is 25.1. The van der Waals surface area contributed by atoms with Crippen molar-refractivity contribution in [2.24, 2.45) is 17.3 Å². The second-order valence-electron chi connectivity index (χ2n) is 16.5. The molecule has 11 atom stereocenters. The Hall–Kier alpha value is -3.01. The Balaban J connectivity index is 0.000000317. The van der Waals surface area contributed by atoms with Crippen LogP contribution in [0.1, 0.15) is 61.3 Å². The average molecular weight is 1220 g/mol. The van der Waals surface area contributed by atoms with Crippen LogP contribution in [0.2, 0.25) is 0 Å². The standard InChI is InChI=1S/C29H32O13.C7H15Cl2N2O2P.C6H8O4.2CH3.Pt/c1-11-36-9-20-27(40-11)24(31)25(32)29(41-20)42-26-14-7-17-16(38-10-39-17)6-13(14)21(22-15(26)8-37-28(22)33)12-4-18(34-2)23(30)19(5-12)35-3;8-2-4-10-14(12)11(6-3-9)5-1-7-13-14;7-4(8)6(5(9)10)2-1-3-6;;;/h4-7,11,15,20-22,24-27,29-32H,8-10H2,1-3H3;1-7H2,(H,10,12);1-3H2,(H,7,8)(H,9,10);2*1H3;/q;;;2*-1;+2/t11-,15+,20-,21-,22+,24-,25-,26?,27-,29+;;;;;/m1...../s1. The third kappa shape index (κ3) is 11.9. The van der Waals surface area contributed by atoms with Crippen LogP contribution in [0, 0.1) is 32.1 Å². The number of ether oxygens (including phenoxy) is 9. The van der Waals surface area contributed by atoms with Gasteiger partial charge in [-0.15, -0.1) is 23.2 Å². The second-order valence-corrected chi connectivity index (χ2v) is 19.4. The van der Waals surface area contributed by atoms with Crippen LogP contribution in [0.25, 0.3) is 0 Å². The Kier molecular flexibility index (Phi) is 21.3. The van der Waals surface area contributed by atoms with E-state index in [1.165, 1.54) is 14.2 Å². The Labute approximate surface area is 425 Å². The zero-order valence-electron chi connectivity index (χ0n) is 38.7. The van der Waals surface area contributed by atoms with Gasteiger partial charge >= 0.3 is 46.6 Å². The summed E-state index contributed by atoms with van der Waals surface area (Å²) in [6, 6.07) is 6.93. The summed E-state index contributed by atoms with van der Waals surface area (Å²) in [4.78, 5) is 34.1. The number of cyclic esters (lactones) is 1. The van der Waals surface area contributed by atoms with Crippen LogP contribution in [0.5, 0.6) is 28.7 Å². The first-order valence-corrected chi connectivity index (χ1v) is 24.1. The number of aliphatic hydroxyl groups excluding tert-OH is 2. The molecule has 1 saturated carbocycles. The number of alkyl halides is 2. The van der Waals surface area contributed by atoms with Gasteiger partial charge in [-0.1, -0.05) is 0 Å². The summed E-state index contributed by atoms with van der Waals surface area (Å²) in [5.74, 6) is -2.56. The fourth-order valence-corrected chi connectivity index (χ4v) is 11.6. The minimum atomic E-state index is -2.84. The molecule has 4 saturated heterocycles. The molecule has 2 aromatic carbocycles. The molecule has 5 heterocycles. The Morgan fingerprint density at radius 1 is 0.913 bits per heavy atom. The van der Waals surface area contributed by atoms with Crippen molar-refractivity contribution in [3.05, 3.63) is 55.8 Å². The molecular formula is C44H61Cl2N2O19PPt. The molecule has 5 fully saturated rings. The molecule has 21 nitrogen and oxygen atoms in total. The van der Waals surface area contributed by atoms with Crippen LogP contribution in [-0.4, -0.2) is 157 Å². The predicted octanol–water partition coefficient (Wildman–Crippen LogP) is 4.45. The van der Waals surface area contributed by atoms with Gasteiger partial charge in [0.25, 0.3) is 0 Å². The maximum absolute atomic E-state index is 13.4. The first-order valence-electron chi connectivity index (χ1n) is 21.4. The van der Waals surface area contributed by atoms with Crippen molar-refractivity contribution >= 4 is 48.8 Å². The summed E-state index contributed by atoms with van der Waals surface area (Å²) in [6.45, 7) is 4.29. The van der Waals surface area contributed by atoms with Crippen molar-refractivity contribution in [3.8, 4) is 28.7 Å². The molecule has 9 rings (SSSR count). The molecule has 2 aliphatic carbocycles. The molecule has 0 bridgehead atoms. The molecule has 0 radical (unpaired) electrons. The normalized spacial score (nSPS) is 31.2. The number of aliphatic hydroxyl groups is 2. The number of hydrogen-bond donors (Lipinski definition) is 6. The topological polar surface area (TPSA) is 277 Å². The van der Waals surface area contributed by atoms with Gasteiger partial charge in [0.1, 0.15) is 24.4 Å². The summed E-state index contributed by atoms with van der Waals surface area (Å²) in [7, 11) is 0.0173. The molecule has 2 aromatic rings. The van der Waals surface area contributed by atoms with Gasteiger partial charge in [0.2, 0.25) is 12.5 Å². The number of carbonyl (C=O) groups is 3. The minimum absolute atomic E-state index is 0. The van der Waals surface area contributed by atoms with Crippen molar-refractivity contribution in [3.63, 3.8) is 0 Å². The van der Waals surface area contributed by atoms with E-state index in [2.05, 4.69) is 5.09 Å². The van der Waals surface area contributed by atoms with Gasteiger partial charge in [0, 0.05) is 43.2 Å². The molecule has 390 valence electrons. The zero-order valence-corrected chi connectivity index (χ0v) is 43.4. The van der Waals surface area contributed by atoms with Gasteiger partial charge in [0.15, 0.2) is 41.0 Å². The predicted molar refractivity (Wildman–Crippen MR) is 242 cm³/mol. The first kappa shape index (κ1) is 58.6. The molecule has 0 aromatic heterocycles. The number of fused-ring (bicyclic) bond motifs is 4. The third-order valence-corrected chi connectivity index (χ3v) is 15.4. The Morgan fingerprint density at radius 3 is 2.10 bits per heavy atom. The van der Waals surface area contributed by atoms with Crippen molar-refractivity contribution in [1.82, 2.24) is 9.76 Å². The van der Waals surface area contributed by atoms with E-state index in [1.54, 1.807) is 35.9 Å². The molecule has 2 unspecified atom stereocenters. The number of benzene rings is 2. The Morgan fingerprint density at radius 2 is 1.55 bits per heavy atom. The van der Waals surface area contributed by atoms with Crippen LogP contribution in [-0.2, 0) is 68.2 Å². The van der Waals surface area contributed by atoms with E-state index in [1.807, 2.05) is 0 Å². The number of phenols is 1. The van der Waals surface area contributed by atoms with E-state index in [0.717, 1.165) is 13.0 Å². The fourth-order valence-electron chi connectivity index (χ4n) is 9.10. The molecule has 7 aliphatic rings. The number of hydrogen-bond acceptors (Lipinski definition) is 17. The van der Waals surface area contributed by atoms with Gasteiger partial charge in [-0.2, -0.15) is 0 Å². The summed E-state index contributed by atoms with van der Waals surface area (Å²) in [5, 5.41) is 52.3. The third-order valence-electron chi connectivity index (χ3n) is 12.7. The van der Waals surface area contributed by atoms with Crippen LogP contribution in [0.4, 0.5) is 0 Å².